The number of imide groups is 1. The van der Waals surface area contributed by atoms with Gasteiger partial charge in [-0.2, -0.15) is 0 Å². The molecule has 0 spiro atoms. The van der Waals surface area contributed by atoms with E-state index >= 15 is 0 Å². The van der Waals surface area contributed by atoms with E-state index in [1.807, 2.05) is 19.1 Å². The van der Waals surface area contributed by atoms with Crippen LogP contribution in [0.2, 0.25) is 0 Å². The molecular formula is C19H24N2O4. The van der Waals surface area contributed by atoms with Crippen LogP contribution in [-0.2, 0) is 14.4 Å². The minimum Gasteiger partial charge on any atom is -0.492 e. The Kier molecular flexibility index (Phi) is 5.36. The molecule has 1 saturated heterocycles. The first-order valence-corrected chi connectivity index (χ1v) is 8.98. The van der Waals surface area contributed by atoms with Crippen molar-refractivity contribution in [2.75, 3.05) is 18.5 Å². The Morgan fingerprint density at radius 3 is 2.44 bits per heavy atom. The molecule has 1 aromatic rings. The molecule has 0 unspecified atom stereocenters. The minimum absolute atomic E-state index is 0.0946. The number of ether oxygens (including phenoxy) is 1. The minimum atomic E-state index is -0.234. The van der Waals surface area contributed by atoms with Crippen LogP contribution in [0.4, 0.5) is 5.69 Å². The Morgan fingerprint density at radius 1 is 1.16 bits per heavy atom. The van der Waals surface area contributed by atoms with Gasteiger partial charge < -0.3 is 10.1 Å². The van der Waals surface area contributed by atoms with E-state index < -0.39 is 0 Å². The van der Waals surface area contributed by atoms with Gasteiger partial charge in [-0.1, -0.05) is 25.0 Å². The molecule has 1 saturated carbocycles. The summed E-state index contributed by atoms with van der Waals surface area (Å²) in [5.41, 5.74) is 0.599. The van der Waals surface area contributed by atoms with E-state index in [0.717, 1.165) is 25.7 Å². The molecule has 0 radical (unpaired) electrons. The Bertz CT molecular complexity index is 649. The fraction of sp³-hybridized carbons (Fsp3) is 0.526. The van der Waals surface area contributed by atoms with E-state index in [-0.39, 0.29) is 42.5 Å². The largest absolute Gasteiger partial charge is 0.492 e. The normalized spacial score (nSPS) is 22.7. The van der Waals surface area contributed by atoms with Gasteiger partial charge in [-0.15, -0.1) is 0 Å². The van der Waals surface area contributed by atoms with Gasteiger partial charge in [0.05, 0.1) is 24.1 Å². The highest BCUT2D eigenvalue weighted by Crippen LogP contribution is 2.38. The molecule has 3 amide bonds. The first-order valence-electron chi connectivity index (χ1n) is 8.98. The van der Waals surface area contributed by atoms with Crippen molar-refractivity contribution in [1.29, 1.82) is 0 Å². The number of rotatable bonds is 6. The Balaban J connectivity index is 1.57. The van der Waals surface area contributed by atoms with Gasteiger partial charge >= 0.3 is 0 Å². The van der Waals surface area contributed by atoms with Crippen LogP contribution >= 0.6 is 0 Å². The standard InChI is InChI=1S/C19H24N2O4/c1-2-25-16-10-6-5-9-15(16)20-17(22)11-12-21-18(23)13-7-3-4-8-14(13)19(21)24/h5-6,9-10,13-14H,2-4,7-8,11-12H2,1H3,(H,20,22)/t13-,14-/m0/s1. The maximum atomic E-state index is 12.4. The third-order valence-corrected chi connectivity index (χ3v) is 4.96. The summed E-state index contributed by atoms with van der Waals surface area (Å²) in [5.74, 6) is -0.152. The fourth-order valence-corrected chi connectivity index (χ4v) is 3.73. The Labute approximate surface area is 147 Å². The summed E-state index contributed by atoms with van der Waals surface area (Å²) in [5, 5.41) is 2.80. The van der Waals surface area contributed by atoms with Crippen molar-refractivity contribution in [3.05, 3.63) is 24.3 Å². The Hall–Kier alpha value is -2.37. The summed E-state index contributed by atoms with van der Waals surface area (Å²) in [4.78, 5) is 38.4. The number of hydrogen-bond acceptors (Lipinski definition) is 4. The van der Waals surface area contributed by atoms with Crippen molar-refractivity contribution in [2.24, 2.45) is 11.8 Å². The number of nitrogens with zero attached hydrogens (tertiary/aromatic N) is 1. The lowest BCUT2D eigenvalue weighted by atomic mass is 9.81. The molecule has 1 N–H and O–H groups in total. The maximum Gasteiger partial charge on any atom is 0.233 e. The number of likely N-dealkylation sites (tertiary alicyclic amines) is 1. The van der Waals surface area contributed by atoms with E-state index in [9.17, 15) is 14.4 Å². The average Bonchev–Trinajstić information content (AvgIpc) is 2.86. The van der Waals surface area contributed by atoms with Gasteiger partial charge in [-0.05, 0) is 31.9 Å². The van der Waals surface area contributed by atoms with Crippen molar-refractivity contribution < 1.29 is 19.1 Å². The van der Waals surface area contributed by atoms with Crippen LogP contribution in [0.1, 0.15) is 39.0 Å². The van der Waals surface area contributed by atoms with Crippen LogP contribution in [-0.4, -0.2) is 35.8 Å². The van der Waals surface area contributed by atoms with Gasteiger partial charge in [-0.3, -0.25) is 19.3 Å². The van der Waals surface area contributed by atoms with Crippen LogP contribution < -0.4 is 10.1 Å². The summed E-state index contributed by atoms with van der Waals surface area (Å²) in [7, 11) is 0. The average molecular weight is 344 g/mol. The van der Waals surface area contributed by atoms with E-state index in [2.05, 4.69) is 5.32 Å². The van der Waals surface area contributed by atoms with Crippen LogP contribution in [0.5, 0.6) is 5.75 Å². The number of fused-ring (bicyclic) bond motifs is 1. The molecule has 134 valence electrons. The van der Waals surface area contributed by atoms with E-state index in [1.54, 1.807) is 12.1 Å². The number of nitrogens with one attached hydrogen (secondary N) is 1. The molecule has 1 aromatic carbocycles. The SMILES string of the molecule is CCOc1ccccc1NC(=O)CCN1C(=O)[C@H]2CCCC[C@@H]2C1=O. The van der Waals surface area contributed by atoms with E-state index in [4.69, 9.17) is 4.74 Å². The van der Waals surface area contributed by atoms with Crippen molar-refractivity contribution >= 4 is 23.4 Å². The molecule has 2 atom stereocenters. The molecule has 3 rings (SSSR count). The van der Waals surface area contributed by atoms with Gasteiger partial charge in [0.25, 0.3) is 0 Å². The van der Waals surface area contributed by atoms with Crippen molar-refractivity contribution in [3.8, 4) is 5.75 Å². The quantitative estimate of drug-likeness (QED) is 0.805. The molecule has 25 heavy (non-hydrogen) atoms. The molecule has 0 aromatic heterocycles. The molecule has 2 fully saturated rings. The number of para-hydroxylation sites is 2. The number of carbonyl (C=O) groups excluding carboxylic acids is 3. The molecule has 1 aliphatic heterocycles. The zero-order valence-electron chi connectivity index (χ0n) is 14.5. The van der Waals surface area contributed by atoms with Gasteiger partial charge in [0.15, 0.2) is 0 Å². The number of benzene rings is 1. The van der Waals surface area contributed by atoms with Gasteiger partial charge in [0.2, 0.25) is 17.7 Å². The predicted molar refractivity (Wildman–Crippen MR) is 93.0 cm³/mol. The lowest BCUT2D eigenvalue weighted by Crippen LogP contribution is -2.34. The van der Waals surface area contributed by atoms with E-state index in [1.165, 1.54) is 4.90 Å². The highest BCUT2D eigenvalue weighted by molar-refractivity contribution is 6.05. The van der Waals surface area contributed by atoms with Crippen LogP contribution in [0, 0.1) is 11.8 Å². The second kappa shape index (κ2) is 7.68. The molecule has 1 aliphatic carbocycles. The number of anilines is 1. The monoisotopic (exact) mass is 344 g/mol. The smallest absolute Gasteiger partial charge is 0.233 e. The molecular weight excluding hydrogens is 320 g/mol. The predicted octanol–water partition coefficient (Wildman–Crippen LogP) is 2.59. The topological polar surface area (TPSA) is 75.7 Å². The van der Waals surface area contributed by atoms with Crippen molar-refractivity contribution in [1.82, 2.24) is 4.90 Å². The summed E-state index contributed by atoms with van der Waals surface area (Å²) in [6.45, 7) is 2.53. The highest BCUT2D eigenvalue weighted by Gasteiger charge is 2.47. The van der Waals surface area contributed by atoms with Crippen LogP contribution in [0.15, 0.2) is 24.3 Å². The van der Waals surface area contributed by atoms with Crippen molar-refractivity contribution in [2.45, 2.75) is 39.0 Å². The summed E-state index contributed by atoms with van der Waals surface area (Å²) in [6, 6.07) is 7.21. The Morgan fingerprint density at radius 2 is 1.80 bits per heavy atom. The van der Waals surface area contributed by atoms with Gasteiger partial charge in [-0.25, -0.2) is 0 Å². The zero-order chi connectivity index (χ0) is 17.8. The molecule has 1 heterocycles. The second-order valence-electron chi connectivity index (χ2n) is 6.55. The zero-order valence-corrected chi connectivity index (χ0v) is 14.5. The van der Waals surface area contributed by atoms with Gasteiger partial charge in [0, 0.05) is 13.0 Å². The fourth-order valence-electron chi connectivity index (χ4n) is 3.73. The van der Waals surface area contributed by atoms with Crippen LogP contribution in [0.3, 0.4) is 0 Å². The number of amides is 3. The second-order valence-corrected chi connectivity index (χ2v) is 6.55. The number of carbonyl (C=O) groups is 3. The third-order valence-electron chi connectivity index (χ3n) is 4.96. The highest BCUT2D eigenvalue weighted by atomic mass is 16.5. The molecule has 0 bridgehead atoms. The van der Waals surface area contributed by atoms with Crippen LogP contribution in [0.25, 0.3) is 0 Å². The molecule has 6 heteroatoms. The molecule has 2 aliphatic rings. The summed E-state index contributed by atoms with van der Waals surface area (Å²) >= 11 is 0. The van der Waals surface area contributed by atoms with Crippen molar-refractivity contribution in [3.63, 3.8) is 0 Å². The first-order chi connectivity index (χ1) is 12.1. The van der Waals surface area contributed by atoms with Gasteiger partial charge in [0.1, 0.15) is 5.75 Å². The first kappa shape index (κ1) is 17.5. The summed E-state index contributed by atoms with van der Waals surface area (Å²) in [6.07, 6.45) is 3.68. The lowest BCUT2D eigenvalue weighted by Gasteiger charge is -2.19. The number of hydrogen-bond donors (Lipinski definition) is 1. The summed E-state index contributed by atoms with van der Waals surface area (Å²) < 4.78 is 5.48. The van der Waals surface area contributed by atoms with E-state index in [0.29, 0.717) is 18.0 Å². The molecule has 6 nitrogen and oxygen atoms in total. The third kappa shape index (κ3) is 3.67. The maximum absolute atomic E-state index is 12.4. The lowest BCUT2D eigenvalue weighted by molar-refractivity contribution is -0.140.